The summed E-state index contributed by atoms with van der Waals surface area (Å²) in [4.78, 5) is 20.5. The fraction of sp³-hybridized carbons (Fsp3) is 0.0556. The number of amides is 1. The molecule has 0 bridgehead atoms. The third kappa shape index (κ3) is 3.88. The highest BCUT2D eigenvalue weighted by Gasteiger charge is 2.11. The molecule has 2 N–H and O–H groups in total. The quantitative estimate of drug-likeness (QED) is 0.738. The third-order valence-electron chi connectivity index (χ3n) is 3.31. The minimum atomic E-state index is -0.349. The zero-order valence-corrected chi connectivity index (χ0v) is 13.7. The number of carbonyl (C=O) groups excluding carboxylic acids is 1. The van der Waals surface area contributed by atoms with Crippen LogP contribution in [0.1, 0.15) is 16.1 Å². The first kappa shape index (κ1) is 16.0. The molecule has 1 heterocycles. The molecule has 1 amide bonds. The summed E-state index contributed by atoms with van der Waals surface area (Å²) in [6, 6.07) is 16.5. The Bertz CT molecular complexity index is 882. The maximum absolute atomic E-state index is 12.3. The molecule has 3 aromatic rings. The minimum Gasteiger partial charge on any atom is -0.340 e. The zero-order valence-electron chi connectivity index (χ0n) is 13.0. The number of aryl methyl sites for hydroxylation is 1. The van der Waals surface area contributed by atoms with Gasteiger partial charge < -0.3 is 10.6 Å². The SMILES string of the molecule is Cc1cccc(Nc2cc(C(=O)Nc3ccccc3Cl)ncn2)c1. The van der Waals surface area contributed by atoms with Gasteiger partial charge in [0.15, 0.2) is 0 Å². The molecule has 0 aliphatic carbocycles. The molecular formula is C18H15ClN4O. The van der Waals surface area contributed by atoms with E-state index < -0.39 is 0 Å². The summed E-state index contributed by atoms with van der Waals surface area (Å²) < 4.78 is 0. The Morgan fingerprint density at radius 2 is 1.88 bits per heavy atom. The van der Waals surface area contributed by atoms with Crippen LogP contribution in [-0.4, -0.2) is 15.9 Å². The number of hydrogen-bond donors (Lipinski definition) is 2. The van der Waals surface area contributed by atoms with E-state index in [0.29, 0.717) is 16.5 Å². The van der Waals surface area contributed by atoms with E-state index in [1.807, 2.05) is 31.2 Å². The van der Waals surface area contributed by atoms with Crippen LogP contribution in [0.4, 0.5) is 17.2 Å². The Kier molecular flexibility index (Phi) is 4.72. The van der Waals surface area contributed by atoms with E-state index in [2.05, 4.69) is 20.6 Å². The van der Waals surface area contributed by atoms with Crippen molar-refractivity contribution in [3.8, 4) is 0 Å². The normalized spacial score (nSPS) is 10.2. The molecule has 5 nitrogen and oxygen atoms in total. The lowest BCUT2D eigenvalue weighted by molar-refractivity contribution is 0.102. The van der Waals surface area contributed by atoms with Crippen molar-refractivity contribution in [2.45, 2.75) is 6.92 Å². The molecule has 0 saturated carbocycles. The predicted octanol–water partition coefficient (Wildman–Crippen LogP) is 4.43. The first-order chi connectivity index (χ1) is 11.6. The second-order valence-corrected chi connectivity index (χ2v) is 5.62. The number of para-hydroxylation sites is 1. The summed E-state index contributed by atoms with van der Waals surface area (Å²) in [6.45, 7) is 2.01. The topological polar surface area (TPSA) is 66.9 Å². The molecule has 120 valence electrons. The van der Waals surface area contributed by atoms with Crippen molar-refractivity contribution in [1.29, 1.82) is 0 Å². The lowest BCUT2D eigenvalue weighted by atomic mass is 10.2. The van der Waals surface area contributed by atoms with Crippen LogP contribution in [0.25, 0.3) is 0 Å². The second-order valence-electron chi connectivity index (χ2n) is 5.22. The van der Waals surface area contributed by atoms with E-state index in [9.17, 15) is 4.79 Å². The van der Waals surface area contributed by atoms with Crippen molar-refractivity contribution >= 4 is 34.7 Å². The lowest BCUT2D eigenvalue weighted by Crippen LogP contribution is -2.14. The molecule has 0 radical (unpaired) electrons. The molecule has 0 atom stereocenters. The number of carbonyl (C=O) groups is 1. The van der Waals surface area contributed by atoms with Crippen LogP contribution in [0.3, 0.4) is 0 Å². The van der Waals surface area contributed by atoms with Crippen molar-refractivity contribution in [2.24, 2.45) is 0 Å². The maximum Gasteiger partial charge on any atom is 0.274 e. The van der Waals surface area contributed by atoms with E-state index in [4.69, 9.17) is 11.6 Å². The highest BCUT2D eigenvalue weighted by molar-refractivity contribution is 6.33. The van der Waals surface area contributed by atoms with Crippen molar-refractivity contribution in [2.75, 3.05) is 10.6 Å². The molecule has 2 aromatic carbocycles. The number of hydrogen-bond acceptors (Lipinski definition) is 4. The monoisotopic (exact) mass is 338 g/mol. The Morgan fingerprint density at radius 1 is 1.04 bits per heavy atom. The summed E-state index contributed by atoms with van der Waals surface area (Å²) in [6.07, 6.45) is 1.35. The average molecular weight is 339 g/mol. The number of nitrogens with zero attached hydrogens (tertiary/aromatic N) is 2. The van der Waals surface area contributed by atoms with Crippen molar-refractivity contribution in [1.82, 2.24) is 9.97 Å². The van der Waals surface area contributed by atoms with Gasteiger partial charge in [-0.25, -0.2) is 9.97 Å². The minimum absolute atomic E-state index is 0.250. The highest BCUT2D eigenvalue weighted by atomic mass is 35.5. The highest BCUT2D eigenvalue weighted by Crippen LogP contribution is 2.21. The summed E-state index contributed by atoms with van der Waals surface area (Å²) in [5, 5.41) is 6.37. The second kappa shape index (κ2) is 7.10. The molecule has 24 heavy (non-hydrogen) atoms. The zero-order chi connectivity index (χ0) is 16.9. The fourth-order valence-corrected chi connectivity index (χ4v) is 2.35. The van der Waals surface area contributed by atoms with E-state index in [0.717, 1.165) is 11.3 Å². The number of rotatable bonds is 4. The van der Waals surface area contributed by atoms with Gasteiger partial charge in [0.05, 0.1) is 10.7 Å². The molecule has 0 saturated heterocycles. The molecule has 0 spiro atoms. The maximum atomic E-state index is 12.3. The van der Waals surface area contributed by atoms with Crippen LogP contribution in [0.15, 0.2) is 60.9 Å². The molecule has 3 rings (SSSR count). The smallest absolute Gasteiger partial charge is 0.274 e. The van der Waals surface area contributed by atoms with E-state index in [1.165, 1.54) is 6.33 Å². The van der Waals surface area contributed by atoms with Crippen LogP contribution in [0.2, 0.25) is 5.02 Å². The average Bonchev–Trinajstić information content (AvgIpc) is 2.57. The van der Waals surface area contributed by atoms with Gasteiger partial charge in [-0.2, -0.15) is 0 Å². The van der Waals surface area contributed by atoms with Gasteiger partial charge in [-0.05, 0) is 36.8 Å². The van der Waals surface area contributed by atoms with Gasteiger partial charge in [0.2, 0.25) is 0 Å². The van der Waals surface area contributed by atoms with Gasteiger partial charge in [-0.3, -0.25) is 4.79 Å². The van der Waals surface area contributed by atoms with Crippen LogP contribution in [0, 0.1) is 6.92 Å². The van der Waals surface area contributed by atoms with Gasteiger partial charge in [0, 0.05) is 11.8 Å². The largest absolute Gasteiger partial charge is 0.340 e. The molecule has 1 aromatic heterocycles. The van der Waals surface area contributed by atoms with Crippen LogP contribution < -0.4 is 10.6 Å². The molecule has 0 unspecified atom stereocenters. The van der Waals surface area contributed by atoms with Crippen molar-refractivity contribution < 1.29 is 4.79 Å². The summed E-state index contributed by atoms with van der Waals surface area (Å²) in [7, 11) is 0. The Labute approximate surface area is 144 Å². The van der Waals surface area contributed by atoms with Gasteiger partial charge in [0.1, 0.15) is 17.8 Å². The van der Waals surface area contributed by atoms with Gasteiger partial charge in [-0.1, -0.05) is 35.9 Å². The van der Waals surface area contributed by atoms with Crippen LogP contribution >= 0.6 is 11.6 Å². The van der Waals surface area contributed by atoms with Gasteiger partial charge in [-0.15, -0.1) is 0 Å². The lowest BCUT2D eigenvalue weighted by Gasteiger charge is -2.09. The van der Waals surface area contributed by atoms with E-state index in [-0.39, 0.29) is 11.6 Å². The third-order valence-corrected chi connectivity index (χ3v) is 3.64. The predicted molar refractivity (Wildman–Crippen MR) is 95.9 cm³/mol. The van der Waals surface area contributed by atoms with Crippen molar-refractivity contribution in [3.05, 3.63) is 77.2 Å². The number of aromatic nitrogens is 2. The molecule has 0 aliphatic heterocycles. The Morgan fingerprint density at radius 3 is 2.67 bits per heavy atom. The van der Waals surface area contributed by atoms with Crippen LogP contribution in [-0.2, 0) is 0 Å². The summed E-state index contributed by atoms with van der Waals surface area (Å²) in [5.41, 5.74) is 2.81. The Hall–Kier alpha value is -2.92. The number of anilines is 3. The van der Waals surface area contributed by atoms with Crippen molar-refractivity contribution in [3.63, 3.8) is 0 Å². The Balaban J connectivity index is 1.77. The molecule has 6 heteroatoms. The summed E-state index contributed by atoms with van der Waals surface area (Å²) in [5.74, 6) is 0.192. The molecule has 0 fully saturated rings. The summed E-state index contributed by atoms with van der Waals surface area (Å²) >= 11 is 6.05. The number of halogens is 1. The molecular weight excluding hydrogens is 324 g/mol. The van der Waals surface area contributed by atoms with Gasteiger partial charge in [0.25, 0.3) is 5.91 Å². The van der Waals surface area contributed by atoms with E-state index >= 15 is 0 Å². The number of nitrogens with one attached hydrogen (secondary N) is 2. The van der Waals surface area contributed by atoms with Gasteiger partial charge >= 0.3 is 0 Å². The standard InChI is InChI=1S/C18H15ClN4O/c1-12-5-4-6-13(9-12)22-17-10-16(20-11-21-17)18(24)23-15-8-3-2-7-14(15)19/h2-11H,1H3,(H,23,24)(H,20,21,22). The first-order valence-corrected chi connectivity index (χ1v) is 7.71. The first-order valence-electron chi connectivity index (χ1n) is 7.33. The van der Waals surface area contributed by atoms with Crippen LogP contribution in [0.5, 0.6) is 0 Å². The van der Waals surface area contributed by atoms with E-state index in [1.54, 1.807) is 30.3 Å². The molecule has 0 aliphatic rings. The number of benzene rings is 2. The fourth-order valence-electron chi connectivity index (χ4n) is 2.17.